The highest BCUT2D eigenvalue weighted by atomic mass is 15.3. The third kappa shape index (κ3) is 3.07. The Morgan fingerprint density at radius 1 is 1.35 bits per heavy atom. The predicted octanol–water partition coefficient (Wildman–Crippen LogP) is 1.99. The van der Waals surface area contributed by atoms with E-state index in [1.54, 1.807) is 0 Å². The van der Waals surface area contributed by atoms with E-state index in [0.717, 1.165) is 12.8 Å². The molecule has 2 heterocycles. The fourth-order valence-corrected chi connectivity index (χ4v) is 3.36. The fourth-order valence-electron chi connectivity index (χ4n) is 3.36. The van der Waals surface area contributed by atoms with Gasteiger partial charge >= 0.3 is 0 Å². The second kappa shape index (κ2) is 6.27. The topological polar surface area (TPSA) is 33.1 Å². The lowest BCUT2D eigenvalue weighted by Gasteiger charge is -2.42. The standard InChI is InChI=1S/C16H30N4/c1-6-13-11-14(19(5)18-13)12-15(17-4)16(2,3)20-9-7-8-10-20/h11,15,17H,6-10,12H2,1-5H3. The van der Waals surface area contributed by atoms with Crippen LogP contribution in [0.3, 0.4) is 0 Å². The Labute approximate surface area is 123 Å². The van der Waals surface area contributed by atoms with Crippen molar-refractivity contribution in [2.75, 3.05) is 20.1 Å². The van der Waals surface area contributed by atoms with Crippen LogP contribution in [-0.2, 0) is 19.9 Å². The minimum absolute atomic E-state index is 0.182. The molecule has 1 aromatic heterocycles. The predicted molar refractivity (Wildman–Crippen MR) is 84.0 cm³/mol. The zero-order chi connectivity index (χ0) is 14.8. The molecule has 0 radical (unpaired) electrons. The highest BCUT2D eigenvalue weighted by Crippen LogP contribution is 2.26. The van der Waals surface area contributed by atoms with Crippen molar-refractivity contribution in [1.29, 1.82) is 0 Å². The second-order valence-electron chi connectivity index (χ2n) is 6.50. The van der Waals surface area contributed by atoms with E-state index in [-0.39, 0.29) is 5.54 Å². The van der Waals surface area contributed by atoms with E-state index in [2.05, 4.69) is 56.2 Å². The normalized spacial score (nSPS) is 18.6. The number of aryl methyl sites for hydroxylation is 2. The van der Waals surface area contributed by atoms with Gasteiger partial charge in [0.05, 0.1) is 5.69 Å². The van der Waals surface area contributed by atoms with Gasteiger partial charge in [-0.2, -0.15) is 5.10 Å². The number of nitrogens with one attached hydrogen (secondary N) is 1. The Hall–Kier alpha value is -0.870. The van der Waals surface area contributed by atoms with Gasteiger partial charge in [-0.3, -0.25) is 9.58 Å². The van der Waals surface area contributed by atoms with Gasteiger partial charge in [-0.1, -0.05) is 6.92 Å². The van der Waals surface area contributed by atoms with Crippen LogP contribution in [0.2, 0.25) is 0 Å². The number of hydrogen-bond donors (Lipinski definition) is 1. The monoisotopic (exact) mass is 278 g/mol. The van der Waals surface area contributed by atoms with Crippen molar-refractivity contribution >= 4 is 0 Å². The Morgan fingerprint density at radius 3 is 2.50 bits per heavy atom. The molecule has 1 atom stereocenters. The van der Waals surface area contributed by atoms with Crippen molar-refractivity contribution in [3.8, 4) is 0 Å². The average Bonchev–Trinajstić information content (AvgIpc) is 3.05. The number of likely N-dealkylation sites (N-methyl/N-ethyl adjacent to an activating group) is 1. The highest BCUT2D eigenvalue weighted by molar-refractivity contribution is 5.13. The molecule has 0 spiro atoms. The summed E-state index contributed by atoms with van der Waals surface area (Å²) in [4.78, 5) is 2.63. The van der Waals surface area contributed by atoms with Crippen molar-refractivity contribution in [2.24, 2.45) is 7.05 Å². The van der Waals surface area contributed by atoms with Crippen molar-refractivity contribution in [1.82, 2.24) is 20.0 Å². The first-order chi connectivity index (χ1) is 9.48. The van der Waals surface area contributed by atoms with Crippen LogP contribution in [0.1, 0.15) is 45.0 Å². The fraction of sp³-hybridized carbons (Fsp3) is 0.812. The van der Waals surface area contributed by atoms with E-state index >= 15 is 0 Å². The van der Waals surface area contributed by atoms with Crippen molar-refractivity contribution in [2.45, 2.75) is 58.0 Å². The number of hydrogen-bond acceptors (Lipinski definition) is 3. The van der Waals surface area contributed by atoms with Crippen molar-refractivity contribution < 1.29 is 0 Å². The van der Waals surface area contributed by atoms with Crippen molar-refractivity contribution in [3.63, 3.8) is 0 Å². The molecule has 0 amide bonds. The molecule has 0 bridgehead atoms. The largest absolute Gasteiger partial charge is 0.315 e. The summed E-state index contributed by atoms with van der Waals surface area (Å²) in [6, 6.07) is 2.70. The molecule has 2 rings (SSSR count). The first-order valence-electron chi connectivity index (χ1n) is 7.93. The Morgan fingerprint density at radius 2 is 2.00 bits per heavy atom. The molecule has 1 N–H and O–H groups in total. The van der Waals surface area contributed by atoms with Gasteiger partial charge < -0.3 is 5.32 Å². The molecule has 20 heavy (non-hydrogen) atoms. The Bertz CT molecular complexity index is 430. The summed E-state index contributed by atoms with van der Waals surface area (Å²) in [6.45, 7) is 9.37. The Balaban J connectivity index is 2.12. The minimum atomic E-state index is 0.182. The number of nitrogens with zero attached hydrogens (tertiary/aromatic N) is 3. The van der Waals surface area contributed by atoms with Gasteiger partial charge in [0.25, 0.3) is 0 Å². The molecule has 4 heteroatoms. The number of aromatic nitrogens is 2. The summed E-state index contributed by atoms with van der Waals surface area (Å²) in [5, 5.41) is 8.11. The molecule has 0 aliphatic carbocycles. The summed E-state index contributed by atoms with van der Waals surface area (Å²) < 4.78 is 2.04. The third-order valence-electron chi connectivity index (χ3n) is 4.93. The third-order valence-corrected chi connectivity index (χ3v) is 4.93. The van der Waals surface area contributed by atoms with Crippen LogP contribution in [0.5, 0.6) is 0 Å². The van der Waals surface area contributed by atoms with Crippen LogP contribution in [-0.4, -0.2) is 46.4 Å². The lowest BCUT2D eigenvalue weighted by molar-refractivity contribution is 0.109. The Kier molecular flexibility index (Phi) is 4.86. The van der Waals surface area contributed by atoms with Gasteiger partial charge in [-0.15, -0.1) is 0 Å². The molecule has 1 aliphatic rings. The smallest absolute Gasteiger partial charge is 0.0624 e. The molecular formula is C16H30N4. The molecule has 1 saturated heterocycles. The summed E-state index contributed by atoms with van der Waals surface area (Å²) in [7, 11) is 4.14. The van der Waals surface area contributed by atoms with E-state index in [4.69, 9.17) is 0 Å². The number of rotatable bonds is 6. The maximum Gasteiger partial charge on any atom is 0.0624 e. The highest BCUT2D eigenvalue weighted by Gasteiger charge is 2.36. The lowest BCUT2D eigenvalue weighted by Crippen LogP contribution is -2.57. The molecule has 1 unspecified atom stereocenters. The molecule has 0 saturated carbocycles. The van der Waals surface area contributed by atoms with Gasteiger partial charge in [0.1, 0.15) is 0 Å². The van der Waals surface area contributed by atoms with Crippen LogP contribution >= 0.6 is 0 Å². The van der Waals surface area contributed by atoms with Crippen LogP contribution in [0.15, 0.2) is 6.07 Å². The average molecular weight is 278 g/mol. The SMILES string of the molecule is CCc1cc(CC(NC)C(C)(C)N2CCCC2)n(C)n1. The van der Waals surface area contributed by atoms with Gasteiger partial charge in [0.15, 0.2) is 0 Å². The van der Waals surface area contributed by atoms with Gasteiger partial charge in [-0.25, -0.2) is 0 Å². The van der Waals surface area contributed by atoms with E-state index in [1.807, 2.05) is 4.68 Å². The van der Waals surface area contributed by atoms with Crippen molar-refractivity contribution in [3.05, 3.63) is 17.5 Å². The summed E-state index contributed by atoms with van der Waals surface area (Å²) in [6.07, 6.45) is 4.72. The molecule has 114 valence electrons. The van der Waals surface area contributed by atoms with E-state index in [9.17, 15) is 0 Å². The molecule has 1 aromatic rings. The van der Waals surface area contributed by atoms with Gasteiger partial charge in [0, 0.05) is 30.7 Å². The molecule has 0 aromatic carbocycles. The quantitative estimate of drug-likeness (QED) is 0.864. The first-order valence-corrected chi connectivity index (χ1v) is 7.93. The molecule has 4 nitrogen and oxygen atoms in total. The van der Waals surface area contributed by atoms with E-state index in [1.165, 1.54) is 37.3 Å². The summed E-state index contributed by atoms with van der Waals surface area (Å²) in [5.41, 5.74) is 2.70. The molecule has 1 aliphatic heterocycles. The first kappa shape index (κ1) is 15.5. The molecular weight excluding hydrogens is 248 g/mol. The minimum Gasteiger partial charge on any atom is -0.315 e. The van der Waals surface area contributed by atoms with E-state index < -0.39 is 0 Å². The molecule has 1 fully saturated rings. The van der Waals surface area contributed by atoms with Crippen LogP contribution in [0, 0.1) is 0 Å². The second-order valence-corrected chi connectivity index (χ2v) is 6.50. The lowest BCUT2D eigenvalue weighted by atomic mass is 9.89. The summed E-state index contributed by atoms with van der Waals surface area (Å²) >= 11 is 0. The van der Waals surface area contributed by atoms with Gasteiger partial charge in [-0.05, 0) is 59.3 Å². The van der Waals surface area contributed by atoms with Gasteiger partial charge in [0.2, 0.25) is 0 Å². The summed E-state index contributed by atoms with van der Waals surface area (Å²) in [5.74, 6) is 0. The zero-order valence-electron chi connectivity index (χ0n) is 13.7. The zero-order valence-corrected chi connectivity index (χ0v) is 13.7. The van der Waals surface area contributed by atoms with Crippen LogP contribution in [0.25, 0.3) is 0 Å². The maximum absolute atomic E-state index is 4.57. The van der Waals surface area contributed by atoms with E-state index in [0.29, 0.717) is 6.04 Å². The number of likely N-dealkylation sites (tertiary alicyclic amines) is 1. The van der Waals surface area contributed by atoms with Crippen LogP contribution < -0.4 is 5.32 Å². The van der Waals surface area contributed by atoms with Crippen LogP contribution in [0.4, 0.5) is 0 Å². The maximum atomic E-state index is 4.57.